The molecule has 1 aromatic heterocycles. The Morgan fingerprint density at radius 3 is 2.58 bits per heavy atom. The van der Waals surface area contributed by atoms with Gasteiger partial charge in [0.2, 0.25) is 0 Å². The summed E-state index contributed by atoms with van der Waals surface area (Å²) in [4.78, 5) is 15.3. The number of carbonyl (C=O) groups excluding carboxylic acids is 1. The van der Waals surface area contributed by atoms with Crippen LogP contribution in [0.3, 0.4) is 0 Å². The number of ether oxygens (including phenoxy) is 1. The number of anilines is 1. The SMILES string of the molecule is CCN(C(=O)c1sc2cccc(F)c2c1COC)c1ccccc1. The molecule has 3 nitrogen and oxygen atoms in total. The van der Waals surface area contributed by atoms with Crippen LogP contribution in [0.15, 0.2) is 48.5 Å². The molecule has 2 aromatic carbocycles. The lowest BCUT2D eigenvalue weighted by Gasteiger charge is -2.21. The number of hydrogen-bond acceptors (Lipinski definition) is 3. The van der Waals surface area contributed by atoms with Gasteiger partial charge in [0.05, 0.1) is 11.5 Å². The van der Waals surface area contributed by atoms with Gasteiger partial charge in [-0.05, 0) is 31.2 Å². The minimum Gasteiger partial charge on any atom is -0.380 e. The molecule has 0 atom stereocenters. The van der Waals surface area contributed by atoms with Gasteiger partial charge in [-0.1, -0.05) is 24.3 Å². The third kappa shape index (κ3) is 2.92. The Labute approximate surface area is 144 Å². The van der Waals surface area contributed by atoms with Crippen molar-refractivity contribution in [2.24, 2.45) is 0 Å². The molecule has 1 heterocycles. The van der Waals surface area contributed by atoms with Crippen LogP contribution in [-0.2, 0) is 11.3 Å². The van der Waals surface area contributed by atoms with Gasteiger partial charge in [0.25, 0.3) is 5.91 Å². The highest BCUT2D eigenvalue weighted by Crippen LogP contribution is 2.35. The van der Waals surface area contributed by atoms with Gasteiger partial charge in [0.15, 0.2) is 0 Å². The monoisotopic (exact) mass is 343 g/mol. The van der Waals surface area contributed by atoms with Gasteiger partial charge in [-0.25, -0.2) is 4.39 Å². The molecule has 124 valence electrons. The Kier molecular flexibility index (Phi) is 4.92. The molecule has 1 amide bonds. The van der Waals surface area contributed by atoms with Gasteiger partial charge >= 0.3 is 0 Å². The Morgan fingerprint density at radius 2 is 1.92 bits per heavy atom. The Balaban J connectivity index is 2.12. The summed E-state index contributed by atoms with van der Waals surface area (Å²) in [6, 6.07) is 14.4. The lowest BCUT2D eigenvalue weighted by molar-refractivity contribution is 0.0988. The van der Waals surface area contributed by atoms with Crippen molar-refractivity contribution in [1.29, 1.82) is 0 Å². The van der Waals surface area contributed by atoms with E-state index in [4.69, 9.17) is 4.74 Å². The van der Waals surface area contributed by atoms with Crippen molar-refractivity contribution in [3.63, 3.8) is 0 Å². The minimum atomic E-state index is -0.322. The van der Waals surface area contributed by atoms with E-state index in [-0.39, 0.29) is 18.3 Å². The molecule has 0 saturated carbocycles. The summed E-state index contributed by atoms with van der Waals surface area (Å²) < 4.78 is 20.3. The molecule has 0 aliphatic carbocycles. The standard InChI is InChI=1S/C19H18FNO2S/c1-3-21(13-8-5-4-6-9-13)19(22)18-14(12-23-2)17-15(20)10-7-11-16(17)24-18/h4-11H,3,12H2,1-2H3. The van der Waals surface area contributed by atoms with Crippen LogP contribution < -0.4 is 4.90 Å². The number of para-hydroxylation sites is 1. The highest BCUT2D eigenvalue weighted by molar-refractivity contribution is 7.21. The van der Waals surface area contributed by atoms with Gasteiger partial charge in [0.1, 0.15) is 5.82 Å². The highest BCUT2D eigenvalue weighted by Gasteiger charge is 2.24. The zero-order valence-corrected chi connectivity index (χ0v) is 14.4. The Bertz CT molecular complexity index is 860. The molecule has 0 spiro atoms. The second-order valence-corrected chi connectivity index (χ2v) is 6.39. The zero-order valence-electron chi connectivity index (χ0n) is 13.6. The van der Waals surface area contributed by atoms with Crippen LogP contribution in [0.5, 0.6) is 0 Å². The number of rotatable bonds is 5. The predicted octanol–water partition coefficient (Wildman–Crippen LogP) is 4.85. The normalized spacial score (nSPS) is 11.0. The van der Waals surface area contributed by atoms with Gasteiger partial charge in [0, 0.05) is 35.0 Å². The first-order chi connectivity index (χ1) is 11.7. The van der Waals surface area contributed by atoms with Crippen molar-refractivity contribution in [1.82, 2.24) is 0 Å². The number of nitrogens with zero attached hydrogens (tertiary/aromatic N) is 1. The largest absolute Gasteiger partial charge is 0.380 e. The molecule has 24 heavy (non-hydrogen) atoms. The molecular formula is C19H18FNO2S. The van der Waals surface area contributed by atoms with E-state index in [1.165, 1.54) is 17.4 Å². The minimum absolute atomic E-state index is 0.128. The molecule has 0 saturated heterocycles. The van der Waals surface area contributed by atoms with E-state index in [0.29, 0.717) is 22.4 Å². The summed E-state index contributed by atoms with van der Waals surface area (Å²) in [5.74, 6) is -0.450. The summed E-state index contributed by atoms with van der Waals surface area (Å²) >= 11 is 1.31. The van der Waals surface area contributed by atoms with E-state index in [2.05, 4.69) is 0 Å². The van der Waals surface area contributed by atoms with Gasteiger partial charge < -0.3 is 9.64 Å². The second kappa shape index (κ2) is 7.11. The highest BCUT2D eigenvalue weighted by atomic mass is 32.1. The first kappa shape index (κ1) is 16.6. The van der Waals surface area contributed by atoms with E-state index >= 15 is 0 Å². The topological polar surface area (TPSA) is 29.5 Å². The first-order valence-corrected chi connectivity index (χ1v) is 8.54. The average Bonchev–Trinajstić information content (AvgIpc) is 2.97. The van der Waals surface area contributed by atoms with Gasteiger partial charge in [-0.2, -0.15) is 0 Å². The molecule has 0 bridgehead atoms. The van der Waals surface area contributed by atoms with Crippen molar-refractivity contribution < 1.29 is 13.9 Å². The fourth-order valence-electron chi connectivity index (χ4n) is 2.80. The van der Waals surface area contributed by atoms with Crippen molar-refractivity contribution in [2.45, 2.75) is 13.5 Å². The molecule has 0 unspecified atom stereocenters. The number of thiophene rings is 1. The van der Waals surface area contributed by atoms with Crippen LogP contribution in [0.25, 0.3) is 10.1 Å². The molecule has 0 radical (unpaired) electrons. The van der Waals surface area contributed by atoms with Gasteiger partial charge in [-0.15, -0.1) is 11.3 Å². The third-order valence-corrected chi connectivity index (χ3v) is 5.06. The van der Waals surface area contributed by atoms with E-state index in [9.17, 15) is 9.18 Å². The van der Waals surface area contributed by atoms with Crippen molar-refractivity contribution in [2.75, 3.05) is 18.6 Å². The first-order valence-electron chi connectivity index (χ1n) is 7.73. The maximum Gasteiger partial charge on any atom is 0.268 e. The van der Waals surface area contributed by atoms with Crippen LogP contribution in [0.1, 0.15) is 22.2 Å². The molecule has 3 aromatic rings. The quantitative estimate of drug-likeness (QED) is 0.662. The number of amides is 1. The smallest absolute Gasteiger partial charge is 0.268 e. The fraction of sp³-hybridized carbons (Fsp3) is 0.211. The van der Waals surface area contributed by atoms with Crippen molar-refractivity contribution >= 4 is 33.0 Å². The molecule has 5 heteroatoms. The van der Waals surface area contributed by atoms with E-state index in [1.807, 2.05) is 43.3 Å². The number of halogens is 1. The number of carbonyl (C=O) groups is 1. The molecular weight excluding hydrogens is 325 g/mol. The number of benzene rings is 2. The lowest BCUT2D eigenvalue weighted by atomic mass is 10.1. The molecule has 0 aliphatic rings. The predicted molar refractivity (Wildman–Crippen MR) is 96.3 cm³/mol. The van der Waals surface area contributed by atoms with Crippen molar-refractivity contribution in [3.05, 3.63) is 64.8 Å². The van der Waals surface area contributed by atoms with E-state index in [1.54, 1.807) is 18.1 Å². The Morgan fingerprint density at radius 1 is 1.17 bits per heavy atom. The van der Waals surface area contributed by atoms with Crippen LogP contribution in [0, 0.1) is 5.82 Å². The van der Waals surface area contributed by atoms with E-state index < -0.39 is 0 Å². The maximum absolute atomic E-state index is 14.3. The van der Waals surface area contributed by atoms with Crippen LogP contribution in [0.2, 0.25) is 0 Å². The third-order valence-electron chi connectivity index (χ3n) is 3.88. The van der Waals surface area contributed by atoms with Crippen LogP contribution >= 0.6 is 11.3 Å². The molecule has 3 rings (SSSR count). The second-order valence-electron chi connectivity index (χ2n) is 5.34. The summed E-state index contributed by atoms with van der Waals surface area (Å²) in [7, 11) is 1.55. The van der Waals surface area contributed by atoms with Gasteiger partial charge in [-0.3, -0.25) is 4.79 Å². The maximum atomic E-state index is 14.3. The fourth-order valence-corrected chi connectivity index (χ4v) is 3.97. The number of methoxy groups -OCH3 is 1. The summed E-state index contributed by atoms with van der Waals surface area (Å²) in [6.45, 7) is 2.66. The lowest BCUT2D eigenvalue weighted by Crippen LogP contribution is -2.30. The van der Waals surface area contributed by atoms with Crippen LogP contribution in [0.4, 0.5) is 10.1 Å². The number of fused-ring (bicyclic) bond motifs is 1. The Hall–Kier alpha value is -2.24. The molecule has 0 aliphatic heterocycles. The van der Waals surface area contributed by atoms with Crippen molar-refractivity contribution in [3.8, 4) is 0 Å². The van der Waals surface area contributed by atoms with Crippen LogP contribution in [-0.4, -0.2) is 19.6 Å². The van der Waals surface area contributed by atoms with E-state index in [0.717, 1.165) is 10.4 Å². The zero-order chi connectivity index (χ0) is 17.1. The number of hydrogen-bond donors (Lipinski definition) is 0. The molecule has 0 N–H and O–H groups in total. The summed E-state index contributed by atoms with van der Waals surface area (Å²) in [5.41, 5.74) is 1.45. The summed E-state index contributed by atoms with van der Waals surface area (Å²) in [6.07, 6.45) is 0. The molecule has 0 fully saturated rings. The average molecular weight is 343 g/mol. The summed E-state index contributed by atoms with van der Waals surface area (Å²) in [5, 5.41) is 0.483.